The molecule has 0 amide bonds. The van der Waals surface area contributed by atoms with Crippen LogP contribution in [0.4, 0.5) is 0 Å². The van der Waals surface area contributed by atoms with Crippen molar-refractivity contribution in [2.45, 2.75) is 37.6 Å². The van der Waals surface area contributed by atoms with Gasteiger partial charge in [-0.1, -0.05) is 0 Å². The van der Waals surface area contributed by atoms with E-state index in [1.165, 1.54) is 25.9 Å². The molecular weight excluding hydrogens is 250 g/mol. The van der Waals surface area contributed by atoms with Gasteiger partial charge in [0.1, 0.15) is 5.82 Å². The lowest BCUT2D eigenvalue weighted by atomic mass is 9.89. The summed E-state index contributed by atoms with van der Waals surface area (Å²) in [5, 5.41) is 6.93. The standard InChI is InChI=1S/C8H9ClN4.C4H9N/c9-8-12-6-4-1-2-10-5(3-4)7(11-6)13-8;1-2-4-5-3-1/h4-5,10H,1-3H2;5H,1-4H2. The molecule has 0 spiro atoms. The lowest BCUT2D eigenvalue weighted by Crippen LogP contribution is -2.36. The molecule has 2 saturated heterocycles. The highest BCUT2D eigenvalue weighted by molar-refractivity contribution is 6.28. The summed E-state index contributed by atoms with van der Waals surface area (Å²) in [5.74, 6) is 2.18. The van der Waals surface area contributed by atoms with Gasteiger partial charge in [-0.15, -0.1) is 0 Å². The van der Waals surface area contributed by atoms with Crippen LogP contribution >= 0.6 is 11.6 Å². The van der Waals surface area contributed by atoms with Crippen molar-refractivity contribution >= 4 is 11.6 Å². The van der Waals surface area contributed by atoms with E-state index < -0.39 is 0 Å². The third kappa shape index (κ3) is 2.63. The Labute approximate surface area is 112 Å². The number of rotatable bonds is 0. The molecule has 3 aliphatic rings. The van der Waals surface area contributed by atoms with Gasteiger partial charge in [-0.25, -0.2) is 15.0 Å². The Kier molecular flexibility index (Phi) is 3.72. The van der Waals surface area contributed by atoms with E-state index in [1.807, 2.05) is 0 Å². The second kappa shape index (κ2) is 5.47. The zero-order valence-electron chi connectivity index (χ0n) is 10.3. The molecule has 2 fully saturated rings. The number of hydrogen-bond donors (Lipinski definition) is 2. The maximum absolute atomic E-state index is 5.78. The zero-order chi connectivity index (χ0) is 12.4. The number of aromatic nitrogens is 3. The maximum Gasteiger partial charge on any atom is 0.225 e. The Hall–Kier alpha value is -0.780. The van der Waals surface area contributed by atoms with Crippen LogP contribution in [0.2, 0.25) is 5.28 Å². The summed E-state index contributed by atoms with van der Waals surface area (Å²) in [6, 6.07) is 0.298. The predicted molar refractivity (Wildman–Crippen MR) is 69.7 cm³/mol. The van der Waals surface area contributed by atoms with Crippen LogP contribution in [0.1, 0.15) is 49.3 Å². The van der Waals surface area contributed by atoms with Crippen molar-refractivity contribution in [3.05, 3.63) is 16.9 Å². The van der Waals surface area contributed by atoms with E-state index in [0.717, 1.165) is 31.0 Å². The van der Waals surface area contributed by atoms with Gasteiger partial charge in [-0.05, 0) is 56.9 Å². The van der Waals surface area contributed by atoms with Gasteiger partial charge in [-0.3, -0.25) is 0 Å². The smallest absolute Gasteiger partial charge is 0.225 e. The molecule has 2 atom stereocenters. The normalized spacial score (nSPS) is 28.5. The molecule has 1 aromatic rings. The predicted octanol–water partition coefficient (Wildman–Crippen LogP) is 1.42. The molecule has 98 valence electrons. The van der Waals surface area contributed by atoms with Crippen molar-refractivity contribution < 1.29 is 0 Å². The zero-order valence-corrected chi connectivity index (χ0v) is 11.1. The molecule has 4 rings (SSSR count). The fourth-order valence-electron chi connectivity index (χ4n) is 2.69. The Morgan fingerprint density at radius 3 is 2.50 bits per heavy atom. The molecule has 18 heavy (non-hydrogen) atoms. The summed E-state index contributed by atoms with van der Waals surface area (Å²) >= 11 is 5.78. The van der Waals surface area contributed by atoms with Crippen LogP contribution in [0.15, 0.2) is 0 Å². The first-order chi connectivity index (χ1) is 8.83. The van der Waals surface area contributed by atoms with Gasteiger partial charge in [0, 0.05) is 5.92 Å². The average Bonchev–Trinajstić information content (AvgIpc) is 2.96. The van der Waals surface area contributed by atoms with Crippen LogP contribution in [0.3, 0.4) is 0 Å². The molecule has 0 saturated carbocycles. The van der Waals surface area contributed by atoms with Gasteiger partial charge in [0.2, 0.25) is 5.28 Å². The molecule has 4 bridgehead atoms. The summed E-state index contributed by atoms with van der Waals surface area (Å²) < 4.78 is 0. The highest BCUT2D eigenvalue weighted by Gasteiger charge is 2.32. The topological polar surface area (TPSA) is 62.7 Å². The van der Waals surface area contributed by atoms with E-state index in [-0.39, 0.29) is 0 Å². The third-order valence-corrected chi connectivity index (χ3v) is 3.85. The minimum absolute atomic E-state index is 0.298. The van der Waals surface area contributed by atoms with E-state index >= 15 is 0 Å². The van der Waals surface area contributed by atoms with Gasteiger partial charge in [-0.2, -0.15) is 0 Å². The molecule has 4 heterocycles. The summed E-state index contributed by atoms with van der Waals surface area (Å²) in [5.41, 5.74) is 0. The van der Waals surface area contributed by atoms with Gasteiger partial charge in [0.05, 0.1) is 6.04 Å². The van der Waals surface area contributed by atoms with Crippen LogP contribution in [-0.2, 0) is 0 Å². The Bertz CT molecular complexity index is 385. The van der Waals surface area contributed by atoms with Crippen molar-refractivity contribution in [1.29, 1.82) is 0 Å². The van der Waals surface area contributed by atoms with Gasteiger partial charge >= 0.3 is 0 Å². The number of fused-ring (bicyclic) bond motifs is 6. The monoisotopic (exact) mass is 267 g/mol. The lowest BCUT2D eigenvalue weighted by Gasteiger charge is -2.32. The number of nitrogens with zero attached hydrogens (tertiary/aromatic N) is 3. The quantitative estimate of drug-likeness (QED) is 0.744. The van der Waals surface area contributed by atoms with E-state index in [1.54, 1.807) is 0 Å². The molecule has 0 radical (unpaired) electrons. The van der Waals surface area contributed by atoms with Crippen molar-refractivity contribution in [3.8, 4) is 0 Å². The molecule has 5 nitrogen and oxygen atoms in total. The molecule has 3 aliphatic heterocycles. The van der Waals surface area contributed by atoms with Crippen LogP contribution in [0.5, 0.6) is 0 Å². The van der Waals surface area contributed by atoms with Crippen LogP contribution in [-0.4, -0.2) is 34.6 Å². The summed E-state index contributed by atoms with van der Waals surface area (Å²) in [6.07, 6.45) is 4.96. The highest BCUT2D eigenvalue weighted by Crippen LogP contribution is 2.35. The fourth-order valence-corrected chi connectivity index (χ4v) is 2.87. The molecule has 6 heteroatoms. The highest BCUT2D eigenvalue weighted by atomic mass is 35.5. The first kappa shape index (κ1) is 12.3. The van der Waals surface area contributed by atoms with Crippen LogP contribution in [0, 0.1) is 0 Å². The van der Waals surface area contributed by atoms with Gasteiger partial charge < -0.3 is 10.6 Å². The van der Waals surface area contributed by atoms with Crippen LogP contribution < -0.4 is 10.6 Å². The second-order valence-electron chi connectivity index (χ2n) is 5.01. The number of halogens is 1. The number of piperidine rings is 1. The van der Waals surface area contributed by atoms with Crippen molar-refractivity contribution in [2.75, 3.05) is 19.6 Å². The maximum atomic E-state index is 5.78. The Balaban J connectivity index is 0.000000169. The van der Waals surface area contributed by atoms with E-state index in [2.05, 4.69) is 25.6 Å². The average molecular weight is 268 g/mol. The SMILES string of the molecule is C1CCNC1.Clc1nc2nc(n1)C1CC2CCN1. The number of hydrogen-bond acceptors (Lipinski definition) is 5. The minimum Gasteiger partial charge on any atom is -0.317 e. The number of nitrogens with one attached hydrogen (secondary N) is 2. The van der Waals surface area contributed by atoms with Crippen molar-refractivity contribution in [3.63, 3.8) is 0 Å². The molecule has 2 N–H and O–H groups in total. The van der Waals surface area contributed by atoms with E-state index in [4.69, 9.17) is 11.6 Å². The van der Waals surface area contributed by atoms with E-state index in [0.29, 0.717) is 17.2 Å². The van der Waals surface area contributed by atoms with Gasteiger partial charge in [0.15, 0.2) is 5.82 Å². The van der Waals surface area contributed by atoms with E-state index in [9.17, 15) is 0 Å². The van der Waals surface area contributed by atoms with Gasteiger partial charge in [0.25, 0.3) is 0 Å². The second-order valence-corrected chi connectivity index (χ2v) is 5.34. The Morgan fingerprint density at radius 1 is 1.00 bits per heavy atom. The Morgan fingerprint density at radius 2 is 1.78 bits per heavy atom. The third-order valence-electron chi connectivity index (χ3n) is 3.68. The largest absolute Gasteiger partial charge is 0.317 e. The lowest BCUT2D eigenvalue weighted by molar-refractivity contribution is 0.322. The molecule has 2 unspecified atom stereocenters. The molecule has 0 aliphatic carbocycles. The fraction of sp³-hybridized carbons (Fsp3) is 0.750. The summed E-state index contributed by atoms with van der Waals surface area (Å²) in [4.78, 5) is 12.6. The summed E-state index contributed by atoms with van der Waals surface area (Å²) in [7, 11) is 0. The first-order valence-electron chi connectivity index (χ1n) is 6.68. The minimum atomic E-state index is 0.298. The molecular formula is C12H18ClN5. The first-order valence-corrected chi connectivity index (χ1v) is 7.06. The van der Waals surface area contributed by atoms with Crippen molar-refractivity contribution in [1.82, 2.24) is 25.6 Å². The summed E-state index contributed by atoms with van der Waals surface area (Å²) in [6.45, 7) is 3.53. The molecule has 0 aromatic carbocycles. The van der Waals surface area contributed by atoms with Crippen molar-refractivity contribution in [2.24, 2.45) is 0 Å². The van der Waals surface area contributed by atoms with Crippen LogP contribution in [0.25, 0.3) is 0 Å². The molecule has 1 aromatic heterocycles.